The van der Waals surface area contributed by atoms with Crippen molar-refractivity contribution < 1.29 is 35.5 Å². The molecule has 4 nitrogen and oxygen atoms in total. The molecule has 2 aromatic carbocycles. The number of nitrogens with zero attached hydrogens (tertiary/aromatic N) is 1. The molecule has 152 valence electrons. The summed E-state index contributed by atoms with van der Waals surface area (Å²) in [7, 11) is -4.27. The highest BCUT2D eigenvalue weighted by Gasteiger charge is 2.40. The van der Waals surface area contributed by atoms with Crippen LogP contribution in [0.25, 0.3) is 0 Å². The number of hydrogen-bond donors (Lipinski definition) is 1. The number of rotatable bonds is 3. The van der Waals surface area contributed by atoms with Crippen LogP contribution in [0.1, 0.15) is 24.0 Å². The molecule has 0 amide bonds. The molecular formula is C18H16F5NO3S. The molecule has 28 heavy (non-hydrogen) atoms. The van der Waals surface area contributed by atoms with Gasteiger partial charge >= 0.3 is 6.18 Å². The third-order valence-corrected chi connectivity index (χ3v) is 6.72. The Bertz CT molecular complexity index is 983. The summed E-state index contributed by atoms with van der Waals surface area (Å²) >= 11 is 0. The number of benzene rings is 2. The van der Waals surface area contributed by atoms with Crippen molar-refractivity contribution >= 4 is 10.0 Å². The zero-order chi connectivity index (χ0) is 20.7. The van der Waals surface area contributed by atoms with Gasteiger partial charge in [-0.05, 0) is 42.7 Å². The maximum atomic E-state index is 13.9. The van der Waals surface area contributed by atoms with Gasteiger partial charge in [0, 0.05) is 19.2 Å². The molecule has 1 saturated heterocycles. The van der Waals surface area contributed by atoms with E-state index in [1.807, 2.05) is 0 Å². The summed E-state index contributed by atoms with van der Waals surface area (Å²) < 4.78 is 91.7. The summed E-state index contributed by atoms with van der Waals surface area (Å²) in [6.45, 7) is -0.461. The minimum atomic E-state index is -4.57. The molecule has 1 heterocycles. The number of sulfonamides is 1. The minimum Gasteiger partial charge on any atom is -0.385 e. The normalized spacial score (nSPS) is 18.2. The molecule has 0 radical (unpaired) electrons. The Morgan fingerprint density at radius 3 is 2.21 bits per heavy atom. The van der Waals surface area contributed by atoms with Crippen LogP contribution in [0.2, 0.25) is 0 Å². The molecule has 2 aromatic rings. The molecule has 1 fully saturated rings. The second kappa shape index (κ2) is 7.09. The lowest BCUT2D eigenvalue weighted by molar-refractivity contribution is -0.137. The van der Waals surface area contributed by atoms with Crippen molar-refractivity contribution in [3.8, 4) is 0 Å². The van der Waals surface area contributed by atoms with Gasteiger partial charge in [-0.15, -0.1) is 0 Å². The molecule has 0 spiro atoms. The second-order valence-electron chi connectivity index (χ2n) is 6.59. The summed E-state index contributed by atoms with van der Waals surface area (Å²) in [5, 5.41) is 10.8. The Morgan fingerprint density at radius 1 is 1.00 bits per heavy atom. The fourth-order valence-corrected chi connectivity index (χ4v) is 4.68. The minimum absolute atomic E-state index is 0.0346. The van der Waals surface area contributed by atoms with E-state index in [0.29, 0.717) is 6.07 Å². The average Bonchev–Trinajstić information content (AvgIpc) is 2.61. The first kappa shape index (κ1) is 20.7. The van der Waals surface area contributed by atoms with Gasteiger partial charge in [0.25, 0.3) is 0 Å². The molecule has 0 saturated carbocycles. The highest BCUT2D eigenvalue weighted by atomic mass is 32.2. The first-order valence-electron chi connectivity index (χ1n) is 8.29. The van der Waals surface area contributed by atoms with Crippen LogP contribution in [-0.2, 0) is 21.8 Å². The van der Waals surface area contributed by atoms with E-state index in [1.165, 1.54) is 12.1 Å². The third kappa shape index (κ3) is 3.89. The van der Waals surface area contributed by atoms with E-state index in [-0.39, 0.29) is 31.5 Å². The van der Waals surface area contributed by atoms with Crippen LogP contribution in [0, 0.1) is 11.6 Å². The highest BCUT2D eigenvalue weighted by Crippen LogP contribution is 2.38. The zero-order valence-electron chi connectivity index (χ0n) is 14.4. The number of aliphatic hydroxyl groups is 1. The van der Waals surface area contributed by atoms with Crippen molar-refractivity contribution in [1.82, 2.24) is 4.31 Å². The molecule has 0 aromatic heterocycles. The monoisotopic (exact) mass is 421 g/mol. The first-order valence-corrected chi connectivity index (χ1v) is 9.73. The van der Waals surface area contributed by atoms with Crippen molar-refractivity contribution in [1.29, 1.82) is 0 Å². The van der Waals surface area contributed by atoms with Crippen LogP contribution in [0.15, 0.2) is 47.4 Å². The SMILES string of the molecule is O=S(=O)(c1ccc(F)cc1F)N1CCC(O)(c2cccc(C(F)(F)F)c2)CC1. The molecule has 0 aliphatic carbocycles. The van der Waals surface area contributed by atoms with Crippen molar-refractivity contribution in [2.75, 3.05) is 13.1 Å². The maximum Gasteiger partial charge on any atom is 0.416 e. The van der Waals surface area contributed by atoms with Gasteiger partial charge in [-0.2, -0.15) is 17.5 Å². The lowest BCUT2D eigenvalue weighted by Crippen LogP contribution is -2.45. The summed E-state index contributed by atoms with van der Waals surface area (Å²) in [4.78, 5) is -0.696. The smallest absolute Gasteiger partial charge is 0.385 e. The lowest BCUT2D eigenvalue weighted by Gasteiger charge is -2.38. The Balaban J connectivity index is 1.82. The molecule has 1 aliphatic rings. The van der Waals surface area contributed by atoms with E-state index in [2.05, 4.69) is 0 Å². The highest BCUT2D eigenvalue weighted by molar-refractivity contribution is 7.89. The fourth-order valence-electron chi connectivity index (χ4n) is 3.19. The van der Waals surface area contributed by atoms with Crippen LogP contribution in [0.4, 0.5) is 22.0 Å². The van der Waals surface area contributed by atoms with Crippen LogP contribution < -0.4 is 0 Å². The Labute approximate surface area is 158 Å². The molecule has 1 aliphatic heterocycles. The topological polar surface area (TPSA) is 57.6 Å². The van der Waals surface area contributed by atoms with E-state index < -0.39 is 43.9 Å². The predicted molar refractivity (Wildman–Crippen MR) is 89.7 cm³/mol. The number of hydrogen-bond acceptors (Lipinski definition) is 3. The number of halogens is 5. The van der Waals surface area contributed by atoms with Crippen molar-refractivity contribution in [3.63, 3.8) is 0 Å². The van der Waals surface area contributed by atoms with Gasteiger partial charge in [-0.3, -0.25) is 0 Å². The zero-order valence-corrected chi connectivity index (χ0v) is 15.2. The van der Waals surface area contributed by atoms with Gasteiger partial charge in [0.15, 0.2) is 0 Å². The average molecular weight is 421 g/mol. The number of alkyl halides is 3. The van der Waals surface area contributed by atoms with Crippen LogP contribution in [-0.4, -0.2) is 30.9 Å². The summed E-state index contributed by atoms with van der Waals surface area (Å²) in [6, 6.07) is 6.32. The van der Waals surface area contributed by atoms with Gasteiger partial charge in [-0.1, -0.05) is 12.1 Å². The molecule has 0 unspecified atom stereocenters. The van der Waals surface area contributed by atoms with Crippen LogP contribution >= 0.6 is 0 Å². The van der Waals surface area contributed by atoms with Crippen LogP contribution in [0.3, 0.4) is 0 Å². The summed E-state index contributed by atoms with van der Waals surface area (Å²) in [6.07, 6.45) is -4.91. The molecule has 0 atom stereocenters. The van der Waals surface area contributed by atoms with Gasteiger partial charge in [0.1, 0.15) is 16.5 Å². The van der Waals surface area contributed by atoms with Crippen LogP contribution in [0.5, 0.6) is 0 Å². The lowest BCUT2D eigenvalue weighted by atomic mass is 9.84. The van der Waals surface area contributed by atoms with Gasteiger partial charge in [0.05, 0.1) is 11.2 Å². The number of piperidine rings is 1. The standard InChI is InChI=1S/C18H16F5NO3S/c19-14-4-5-16(15(20)11-14)28(26,27)24-8-6-17(25,7-9-24)12-2-1-3-13(10-12)18(21,22)23/h1-5,10-11,25H,6-9H2. The van der Waals surface area contributed by atoms with Crippen molar-refractivity contribution in [2.24, 2.45) is 0 Å². The van der Waals surface area contributed by atoms with E-state index >= 15 is 0 Å². The molecular weight excluding hydrogens is 405 g/mol. The van der Waals surface area contributed by atoms with E-state index in [4.69, 9.17) is 0 Å². The predicted octanol–water partition coefficient (Wildman–Crippen LogP) is 3.66. The molecule has 10 heteroatoms. The maximum absolute atomic E-state index is 13.9. The van der Waals surface area contributed by atoms with E-state index in [0.717, 1.165) is 28.6 Å². The summed E-state index contributed by atoms with van der Waals surface area (Å²) in [5.41, 5.74) is -2.52. The van der Waals surface area contributed by atoms with Crippen molar-refractivity contribution in [3.05, 3.63) is 65.2 Å². The molecule has 1 N–H and O–H groups in total. The van der Waals surface area contributed by atoms with Gasteiger partial charge in [-0.25, -0.2) is 17.2 Å². The molecule has 3 rings (SSSR count). The van der Waals surface area contributed by atoms with Crippen molar-refractivity contribution in [2.45, 2.75) is 29.5 Å². The quantitative estimate of drug-likeness (QED) is 0.770. The van der Waals surface area contributed by atoms with Gasteiger partial charge < -0.3 is 5.11 Å². The third-order valence-electron chi connectivity index (χ3n) is 4.79. The second-order valence-corrected chi connectivity index (χ2v) is 8.50. The Kier molecular flexibility index (Phi) is 5.24. The van der Waals surface area contributed by atoms with Gasteiger partial charge in [0.2, 0.25) is 10.0 Å². The van der Waals surface area contributed by atoms with E-state index in [1.54, 1.807) is 0 Å². The molecule has 0 bridgehead atoms. The van der Waals surface area contributed by atoms with E-state index in [9.17, 15) is 35.5 Å². The Morgan fingerprint density at radius 2 is 1.64 bits per heavy atom. The first-order chi connectivity index (χ1) is 12.9. The summed E-state index contributed by atoms with van der Waals surface area (Å²) in [5.74, 6) is -2.16. The largest absolute Gasteiger partial charge is 0.416 e. The Hall–Kier alpha value is -2.04. The fraction of sp³-hybridized carbons (Fsp3) is 0.333.